The predicted molar refractivity (Wildman–Crippen MR) is 52.8 cm³/mol. The van der Waals surface area contributed by atoms with Gasteiger partial charge in [-0.25, -0.2) is 4.79 Å². The molecule has 6 nitrogen and oxygen atoms in total. The first-order valence-electron chi connectivity index (χ1n) is 5.17. The van der Waals surface area contributed by atoms with E-state index in [2.05, 4.69) is 4.74 Å². The Morgan fingerprint density at radius 2 is 1.88 bits per heavy atom. The van der Waals surface area contributed by atoms with E-state index in [9.17, 15) is 19.5 Å². The van der Waals surface area contributed by atoms with Gasteiger partial charge in [0.15, 0.2) is 0 Å². The van der Waals surface area contributed by atoms with Gasteiger partial charge in [0, 0.05) is 18.8 Å². The van der Waals surface area contributed by atoms with Gasteiger partial charge in [0.05, 0.1) is 0 Å². The van der Waals surface area contributed by atoms with Crippen LogP contribution in [-0.2, 0) is 19.1 Å². The molecule has 0 saturated carbocycles. The monoisotopic (exact) mass is 253 g/mol. The SMILES string of the molecule is CCCCCC(=O)OC(=O)[C@@H](N)CC(=O)[O-].[Na+]. The molecule has 1 atom stereocenters. The molecule has 0 saturated heterocycles. The van der Waals surface area contributed by atoms with Crippen molar-refractivity contribution < 1.29 is 53.8 Å². The third-order valence-corrected chi connectivity index (χ3v) is 1.89. The van der Waals surface area contributed by atoms with Crippen LogP contribution in [0.25, 0.3) is 0 Å². The number of carbonyl (C=O) groups is 3. The fourth-order valence-corrected chi connectivity index (χ4v) is 1.02. The molecule has 92 valence electrons. The fourth-order valence-electron chi connectivity index (χ4n) is 1.02. The zero-order chi connectivity index (χ0) is 12.6. The topological polar surface area (TPSA) is 110 Å². The fraction of sp³-hybridized carbons (Fsp3) is 0.700. The maximum absolute atomic E-state index is 11.1. The van der Waals surface area contributed by atoms with E-state index in [1.807, 2.05) is 6.92 Å². The summed E-state index contributed by atoms with van der Waals surface area (Å²) in [6, 6.07) is -1.35. The molecule has 0 spiro atoms. The molecule has 0 aliphatic rings. The van der Waals surface area contributed by atoms with Gasteiger partial charge in [-0.2, -0.15) is 0 Å². The second kappa shape index (κ2) is 10.7. The van der Waals surface area contributed by atoms with Crippen molar-refractivity contribution in [1.29, 1.82) is 0 Å². The van der Waals surface area contributed by atoms with E-state index in [0.717, 1.165) is 12.8 Å². The van der Waals surface area contributed by atoms with E-state index < -0.39 is 30.4 Å². The van der Waals surface area contributed by atoms with Gasteiger partial charge in [0.1, 0.15) is 6.04 Å². The molecule has 0 bridgehead atoms. The number of carbonyl (C=O) groups excluding carboxylic acids is 3. The molecule has 0 unspecified atom stereocenters. The summed E-state index contributed by atoms with van der Waals surface area (Å²) in [5, 5.41) is 10.1. The van der Waals surface area contributed by atoms with E-state index in [-0.39, 0.29) is 36.0 Å². The van der Waals surface area contributed by atoms with Gasteiger partial charge in [0.25, 0.3) is 0 Å². The number of rotatable bonds is 7. The van der Waals surface area contributed by atoms with Crippen molar-refractivity contribution in [3.63, 3.8) is 0 Å². The van der Waals surface area contributed by atoms with Crippen molar-refractivity contribution in [3.8, 4) is 0 Å². The minimum absolute atomic E-state index is 0. The summed E-state index contributed by atoms with van der Waals surface area (Å²) in [5.74, 6) is -3.15. The Kier molecular flexibility index (Phi) is 11.9. The van der Waals surface area contributed by atoms with Crippen molar-refractivity contribution in [3.05, 3.63) is 0 Å². The number of carboxylic acid groups (broad SMARTS) is 1. The Hall–Kier alpha value is -0.430. The zero-order valence-electron chi connectivity index (χ0n) is 10.2. The Labute approximate surface area is 122 Å². The second-order valence-corrected chi connectivity index (χ2v) is 3.43. The average molecular weight is 253 g/mol. The van der Waals surface area contributed by atoms with Gasteiger partial charge >= 0.3 is 41.5 Å². The summed E-state index contributed by atoms with van der Waals surface area (Å²) >= 11 is 0. The summed E-state index contributed by atoms with van der Waals surface area (Å²) in [7, 11) is 0. The minimum Gasteiger partial charge on any atom is -0.550 e. The molecule has 0 fully saturated rings. The molecule has 0 aliphatic heterocycles. The first-order chi connectivity index (χ1) is 7.47. The van der Waals surface area contributed by atoms with Gasteiger partial charge in [-0.05, 0) is 6.42 Å². The van der Waals surface area contributed by atoms with Crippen LogP contribution >= 0.6 is 0 Å². The van der Waals surface area contributed by atoms with Crippen LogP contribution in [0.4, 0.5) is 0 Å². The van der Waals surface area contributed by atoms with Crippen LogP contribution in [0.5, 0.6) is 0 Å². The molecule has 0 aromatic rings. The molecule has 17 heavy (non-hydrogen) atoms. The summed E-state index contributed by atoms with van der Waals surface area (Å²) in [5.41, 5.74) is 5.17. The number of hydrogen-bond acceptors (Lipinski definition) is 6. The third kappa shape index (κ3) is 10.4. The van der Waals surface area contributed by atoms with Crippen molar-refractivity contribution in [2.75, 3.05) is 0 Å². The number of unbranched alkanes of at least 4 members (excludes halogenated alkanes) is 2. The number of carboxylic acids is 1. The van der Waals surface area contributed by atoms with Crippen LogP contribution in [0, 0.1) is 0 Å². The summed E-state index contributed by atoms with van der Waals surface area (Å²) < 4.78 is 4.37. The quantitative estimate of drug-likeness (QED) is 0.215. The van der Waals surface area contributed by atoms with Crippen LogP contribution in [0.15, 0.2) is 0 Å². The molecule has 0 aromatic heterocycles. The molecule has 7 heteroatoms. The zero-order valence-corrected chi connectivity index (χ0v) is 12.2. The van der Waals surface area contributed by atoms with E-state index >= 15 is 0 Å². The van der Waals surface area contributed by atoms with Crippen molar-refractivity contribution in [2.24, 2.45) is 5.73 Å². The van der Waals surface area contributed by atoms with Crippen LogP contribution in [0.2, 0.25) is 0 Å². The Bertz CT molecular complexity index is 269. The van der Waals surface area contributed by atoms with Gasteiger partial charge in [0.2, 0.25) is 0 Å². The maximum atomic E-state index is 11.1. The van der Waals surface area contributed by atoms with Gasteiger partial charge in [-0.1, -0.05) is 19.8 Å². The predicted octanol–water partition coefficient (Wildman–Crippen LogP) is -3.89. The second-order valence-electron chi connectivity index (χ2n) is 3.43. The average Bonchev–Trinajstić information content (AvgIpc) is 2.16. The standard InChI is InChI=1S/C10H17NO5.Na/c1-2-3-4-5-9(14)16-10(15)7(11)6-8(12)13;/h7H,2-6,11H2,1H3,(H,12,13);/q;+1/p-1/t7-;/m0./s1. The number of aliphatic carboxylic acids is 1. The van der Waals surface area contributed by atoms with Crippen LogP contribution in [-0.4, -0.2) is 23.9 Å². The number of nitrogens with two attached hydrogens (primary N) is 1. The van der Waals surface area contributed by atoms with Crippen molar-refractivity contribution >= 4 is 17.9 Å². The van der Waals surface area contributed by atoms with E-state index in [1.165, 1.54) is 0 Å². The van der Waals surface area contributed by atoms with Crippen molar-refractivity contribution in [1.82, 2.24) is 0 Å². The maximum Gasteiger partial charge on any atom is 1.00 e. The molecular formula is C10H16NNaO5. The molecule has 0 amide bonds. The largest absolute Gasteiger partial charge is 1.00 e. The first kappa shape index (κ1) is 18.9. The Balaban J connectivity index is 0. The molecule has 0 rings (SSSR count). The smallest absolute Gasteiger partial charge is 0.550 e. The number of ether oxygens (including phenoxy) is 1. The molecule has 0 aromatic carbocycles. The van der Waals surface area contributed by atoms with Gasteiger partial charge < -0.3 is 20.4 Å². The van der Waals surface area contributed by atoms with Gasteiger partial charge in [-0.3, -0.25) is 4.79 Å². The summed E-state index contributed by atoms with van der Waals surface area (Å²) in [4.78, 5) is 32.2. The van der Waals surface area contributed by atoms with Crippen LogP contribution in [0.1, 0.15) is 39.0 Å². The molecule has 0 radical (unpaired) electrons. The number of hydrogen-bond donors (Lipinski definition) is 1. The molecule has 2 N–H and O–H groups in total. The minimum atomic E-state index is -1.46. The van der Waals surface area contributed by atoms with E-state index in [1.54, 1.807) is 0 Å². The van der Waals surface area contributed by atoms with Crippen LogP contribution < -0.4 is 40.4 Å². The molecule has 0 aliphatic carbocycles. The molecular weight excluding hydrogens is 237 g/mol. The Morgan fingerprint density at radius 1 is 1.29 bits per heavy atom. The van der Waals surface area contributed by atoms with Crippen molar-refractivity contribution in [2.45, 2.75) is 45.1 Å². The summed E-state index contributed by atoms with van der Waals surface area (Å²) in [6.07, 6.45) is 1.94. The third-order valence-electron chi connectivity index (χ3n) is 1.89. The van der Waals surface area contributed by atoms with E-state index in [0.29, 0.717) is 6.42 Å². The van der Waals surface area contributed by atoms with Gasteiger partial charge in [-0.15, -0.1) is 0 Å². The Morgan fingerprint density at radius 3 is 2.35 bits per heavy atom. The number of esters is 2. The normalized spacial score (nSPS) is 11.2. The summed E-state index contributed by atoms with van der Waals surface area (Å²) in [6.45, 7) is 1.98. The molecule has 0 heterocycles. The van der Waals surface area contributed by atoms with Crippen LogP contribution in [0.3, 0.4) is 0 Å². The van der Waals surface area contributed by atoms with E-state index in [4.69, 9.17) is 5.73 Å². The first-order valence-corrected chi connectivity index (χ1v) is 5.17.